The number of rotatable bonds is 7. The smallest absolute Gasteiger partial charge is 0.293 e. The van der Waals surface area contributed by atoms with Crippen molar-refractivity contribution in [2.24, 2.45) is 0 Å². The predicted octanol–water partition coefficient (Wildman–Crippen LogP) is 3.14. The number of aromatic nitrogens is 5. The summed E-state index contributed by atoms with van der Waals surface area (Å²) in [6.07, 6.45) is 1.52. The van der Waals surface area contributed by atoms with Crippen molar-refractivity contribution in [1.29, 1.82) is 0 Å². The molecule has 0 atom stereocenters. The second-order valence-corrected chi connectivity index (χ2v) is 8.03. The van der Waals surface area contributed by atoms with Crippen molar-refractivity contribution in [3.63, 3.8) is 0 Å². The molecule has 3 aromatic heterocycles. The van der Waals surface area contributed by atoms with Crippen LogP contribution in [0, 0.1) is 13.8 Å². The first kappa shape index (κ1) is 23.2. The first-order valence-electron chi connectivity index (χ1n) is 10.6. The zero-order valence-corrected chi connectivity index (χ0v) is 20.0. The van der Waals surface area contributed by atoms with Crippen LogP contribution in [0.4, 0.5) is 11.5 Å². The van der Waals surface area contributed by atoms with Crippen molar-refractivity contribution >= 4 is 39.9 Å². The number of hydrogen-bond acceptors (Lipinski definition) is 7. The lowest BCUT2D eigenvalue weighted by molar-refractivity contribution is -0.122. The van der Waals surface area contributed by atoms with Crippen molar-refractivity contribution < 1.29 is 9.53 Å². The average Bonchev–Trinajstić information content (AvgIpc) is 3.16. The molecular formula is C23H24ClN7O3. The number of amides is 1. The third-order valence-corrected chi connectivity index (χ3v) is 5.48. The van der Waals surface area contributed by atoms with Gasteiger partial charge in [0.15, 0.2) is 18.2 Å². The number of carbonyl (C=O) groups excluding carboxylic acids is 1. The van der Waals surface area contributed by atoms with Crippen molar-refractivity contribution in [2.75, 3.05) is 19.0 Å². The molecule has 0 radical (unpaired) electrons. The van der Waals surface area contributed by atoms with Gasteiger partial charge in [0.1, 0.15) is 5.02 Å². The van der Waals surface area contributed by atoms with Gasteiger partial charge in [-0.1, -0.05) is 11.6 Å². The molecule has 176 valence electrons. The van der Waals surface area contributed by atoms with Gasteiger partial charge in [0.05, 0.1) is 17.4 Å². The van der Waals surface area contributed by atoms with E-state index in [1.54, 1.807) is 15.3 Å². The summed E-state index contributed by atoms with van der Waals surface area (Å²) in [7, 11) is 1.51. The van der Waals surface area contributed by atoms with Crippen LogP contribution >= 0.6 is 11.6 Å². The van der Waals surface area contributed by atoms with E-state index in [0.717, 1.165) is 22.3 Å². The minimum Gasteiger partial charge on any atom is -0.478 e. The van der Waals surface area contributed by atoms with Crippen molar-refractivity contribution in [3.05, 3.63) is 63.3 Å². The molecule has 4 rings (SSSR count). The number of pyridine rings is 1. The Kier molecular flexibility index (Phi) is 6.51. The van der Waals surface area contributed by atoms with Crippen molar-refractivity contribution in [1.82, 2.24) is 29.6 Å². The second kappa shape index (κ2) is 9.52. The molecule has 3 heterocycles. The molecule has 10 nitrogen and oxygen atoms in total. The zero-order chi connectivity index (χ0) is 24.4. The van der Waals surface area contributed by atoms with Gasteiger partial charge >= 0.3 is 0 Å². The highest BCUT2D eigenvalue weighted by atomic mass is 35.5. The van der Waals surface area contributed by atoms with Crippen LogP contribution < -0.4 is 20.9 Å². The molecule has 1 aromatic carbocycles. The molecule has 0 aliphatic carbocycles. The zero-order valence-electron chi connectivity index (χ0n) is 19.2. The van der Waals surface area contributed by atoms with E-state index < -0.39 is 0 Å². The fourth-order valence-corrected chi connectivity index (χ4v) is 3.73. The van der Waals surface area contributed by atoms with Crippen LogP contribution in [0.1, 0.15) is 18.3 Å². The number of fused-ring (bicyclic) bond motifs is 1. The lowest BCUT2D eigenvalue weighted by atomic mass is 10.1. The van der Waals surface area contributed by atoms with E-state index in [2.05, 4.69) is 25.7 Å². The first-order chi connectivity index (χ1) is 16.3. The van der Waals surface area contributed by atoms with Gasteiger partial charge in [0, 0.05) is 30.4 Å². The summed E-state index contributed by atoms with van der Waals surface area (Å²) >= 11 is 6.35. The summed E-state index contributed by atoms with van der Waals surface area (Å²) in [5.41, 5.74) is 2.90. The number of nitrogens with zero attached hydrogens (tertiary/aromatic N) is 5. The Bertz CT molecular complexity index is 1440. The van der Waals surface area contributed by atoms with Crippen LogP contribution in [0.2, 0.25) is 5.02 Å². The van der Waals surface area contributed by atoms with Gasteiger partial charge in [-0.25, -0.2) is 9.67 Å². The molecule has 0 aliphatic rings. The minimum atomic E-state index is -0.324. The molecule has 11 heteroatoms. The highest BCUT2D eigenvalue weighted by Gasteiger charge is 2.14. The maximum atomic E-state index is 12.8. The van der Waals surface area contributed by atoms with E-state index in [1.165, 1.54) is 13.2 Å². The maximum Gasteiger partial charge on any atom is 0.293 e. The Morgan fingerprint density at radius 1 is 1.21 bits per heavy atom. The number of aryl methyl sites for hydroxylation is 3. The normalized spacial score (nSPS) is 11.0. The third-order valence-electron chi connectivity index (χ3n) is 5.21. The number of ether oxygens (including phenoxy) is 1. The molecular weight excluding hydrogens is 458 g/mol. The average molecular weight is 482 g/mol. The number of nitrogens with one attached hydrogen (secondary N) is 2. The van der Waals surface area contributed by atoms with E-state index in [-0.39, 0.29) is 23.8 Å². The van der Waals surface area contributed by atoms with Crippen LogP contribution in [-0.2, 0) is 11.3 Å². The van der Waals surface area contributed by atoms with Gasteiger partial charge in [0.2, 0.25) is 0 Å². The number of anilines is 2. The summed E-state index contributed by atoms with van der Waals surface area (Å²) in [5, 5.41) is 11.2. The summed E-state index contributed by atoms with van der Waals surface area (Å²) in [6.45, 7) is 5.89. The SMILES string of the molecule is CCn1c(=O)c(OCC(=O)NC)cc2cc(Nc3nc(-n4nc(C)cc4C)ncc3Cl)ccc21. The summed E-state index contributed by atoms with van der Waals surface area (Å²) in [5.74, 6) is 0.582. The Labute approximate surface area is 200 Å². The largest absolute Gasteiger partial charge is 0.478 e. The molecule has 0 saturated heterocycles. The minimum absolute atomic E-state index is 0.0991. The number of hydrogen-bond donors (Lipinski definition) is 2. The Morgan fingerprint density at radius 3 is 2.68 bits per heavy atom. The van der Waals surface area contributed by atoms with E-state index >= 15 is 0 Å². The van der Waals surface area contributed by atoms with Gasteiger partial charge in [-0.3, -0.25) is 9.59 Å². The summed E-state index contributed by atoms with van der Waals surface area (Å²) in [6, 6.07) is 9.09. The highest BCUT2D eigenvalue weighted by molar-refractivity contribution is 6.32. The number of likely N-dealkylation sites (N-methyl/N-ethyl adjacent to an activating group) is 1. The number of carbonyl (C=O) groups is 1. The number of benzene rings is 1. The fourth-order valence-electron chi connectivity index (χ4n) is 3.59. The summed E-state index contributed by atoms with van der Waals surface area (Å²) in [4.78, 5) is 33.2. The van der Waals surface area contributed by atoms with Crippen LogP contribution in [0.25, 0.3) is 16.9 Å². The van der Waals surface area contributed by atoms with Crippen LogP contribution in [0.15, 0.2) is 41.3 Å². The molecule has 2 N–H and O–H groups in total. The Balaban J connectivity index is 1.71. The topological polar surface area (TPSA) is 116 Å². The monoisotopic (exact) mass is 481 g/mol. The molecule has 0 saturated carbocycles. The van der Waals surface area contributed by atoms with Crippen LogP contribution in [0.3, 0.4) is 0 Å². The van der Waals surface area contributed by atoms with Crippen LogP contribution in [-0.4, -0.2) is 43.9 Å². The molecule has 4 aromatic rings. The fraction of sp³-hybridized carbons (Fsp3) is 0.261. The molecule has 1 amide bonds. The highest BCUT2D eigenvalue weighted by Crippen LogP contribution is 2.27. The van der Waals surface area contributed by atoms with Crippen LogP contribution in [0.5, 0.6) is 5.75 Å². The van der Waals surface area contributed by atoms with Crippen molar-refractivity contribution in [2.45, 2.75) is 27.3 Å². The predicted molar refractivity (Wildman–Crippen MR) is 130 cm³/mol. The van der Waals surface area contributed by atoms with E-state index in [4.69, 9.17) is 16.3 Å². The van der Waals surface area contributed by atoms with E-state index in [0.29, 0.717) is 29.0 Å². The molecule has 0 aliphatic heterocycles. The molecule has 0 spiro atoms. The lowest BCUT2D eigenvalue weighted by Gasteiger charge is -2.14. The van der Waals surface area contributed by atoms with E-state index in [1.807, 2.05) is 45.0 Å². The molecule has 0 bridgehead atoms. The summed E-state index contributed by atoms with van der Waals surface area (Å²) < 4.78 is 8.72. The quantitative estimate of drug-likeness (QED) is 0.416. The van der Waals surface area contributed by atoms with Gasteiger partial charge in [0.25, 0.3) is 17.4 Å². The maximum absolute atomic E-state index is 12.8. The van der Waals surface area contributed by atoms with E-state index in [9.17, 15) is 9.59 Å². The molecule has 34 heavy (non-hydrogen) atoms. The standard InChI is InChI=1S/C23H24ClN7O3/c1-5-30-18-7-6-16(9-15(18)10-19(22(30)33)34-12-20(32)25-4)27-21-17(24)11-26-23(28-21)31-14(3)8-13(2)29-31/h6-11H,5,12H2,1-4H3,(H,25,32)(H,26,27,28). The third kappa shape index (κ3) is 4.58. The van der Waals surface area contributed by atoms with Crippen molar-refractivity contribution in [3.8, 4) is 11.7 Å². The molecule has 0 fully saturated rings. The lowest BCUT2D eigenvalue weighted by Crippen LogP contribution is -2.28. The Morgan fingerprint density at radius 2 is 2.00 bits per heavy atom. The Hall–Kier alpha value is -3.92. The van der Waals surface area contributed by atoms with Gasteiger partial charge in [-0.05, 0) is 51.1 Å². The second-order valence-electron chi connectivity index (χ2n) is 7.62. The van der Waals surface area contributed by atoms with Gasteiger partial charge in [-0.15, -0.1) is 0 Å². The van der Waals surface area contributed by atoms with Gasteiger partial charge in [-0.2, -0.15) is 10.1 Å². The van der Waals surface area contributed by atoms with Gasteiger partial charge < -0.3 is 19.9 Å². The first-order valence-corrected chi connectivity index (χ1v) is 11.0. The number of halogens is 1. The molecule has 0 unspecified atom stereocenters.